The molecule has 3 rings (SSSR count). The first-order valence-electron chi connectivity index (χ1n) is 7.40. The van der Waals surface area contributed by atoms with Gasteiger partial charge in [0.25, 0.3) is 0 Å². The smallest absolute Gasteiger partial charge is 0.0630 e. The lowest BCUT2D eigenvalue weighted by atomic mass is 10.2. The summed E-state index contributed by atoms with van der Waals surface area (Å²) in [5.74, 6) is 0. The predicted octanol–water partition coefficient (Wildman–Crippen LogP) is 7.13. The summed E-state index contributed by atoms with van der Waals surface area (Å²) in [5.41, 5.74) is 5.48. The van der Waals surface area contributed by atoms with Crippen molar-refractivity contribution in [2.24, 2.45) is 4.99 Å². The van der Waals surface area contributed by atoms with Gasteiger partial charge in [-0.2, -0.15) is 0 Å². The zero-order chi connectivity index (χ0) is 17.3. The van der Waals surface area contributed by atoms with E-state index in [1.54, 1.807) is 0 Å². The van der Waals surface area contributed by atoms with E-state index in [1.165, 1.54) is 0 Å². The molecule has 0 amide bonds. The molecule has 2 nitrogen and oxygen atoms in total. The van der Waals surface area contributed by atoms with Gasteiger partial charge < -0.3 is 4.57 Å². The molecule has 0 aliphatic carbocycles. The number of rotatable bonds is 3. The Morgan fingerprint density at radius 1 is 0.792 bits per heavy atom. The third-order valence-electron chi connectivity index (χ3n) is 3.87. The topological polar surface area (TPSA) is 17.3 Å². The molecule has 5 heteroatoms. The van der Waals surface area contributed by atoms with Crippen molar-refractivity contribution < 1.29 is 0 Å². The van der Waals surface area contributed by atoms with Gasteiger partial charge in [0.1, 0.15) is 0 Å². The summed E-state index contributed by atoms with van der Waals surface area (Å²) in [5, 5.41) is 0. The molecule has 1 aromatic heterocycles. The van der Waals surface area contributed by atoms with Crippen LogP contribution in [0.15, 0.2) is 66.9 Å². The summed E-state index contributed by atoms with van der Waals surface area (Å²) in [6.07, 6.45) is 1.92. The van der Waals surface area contributed by atoms with Gasteiger partial charge in [-0.05, 0) is 78.3 Å². The molecule has 3 aromatic rings. The van der Waals surface area contributed by atoms with E-state index in [0.717, 1.165) is 41.7 Å². The highest BCUT2D eigenvalue weighted by Crippen LogP contribution is 2.30. The molecule has 0 bridgehead atoms. The molecule has 0 radical (unpaired) electrons. The van der Waals surface area contributed by atoms with Crippen molar-refractivity contribution in [3.8, 4) is 5.69 Å². The van der Waals surface area contributed by atoms with E-state index in [2.05, 4.69) is 95.5 Å². The average molecular weight is 511 g/mol. The molecule has 0 saturated carbocycles. The minimum absolute atomic E-state index is 0.929. The van der Waals surface area contributed by atoms with Crippen molar-refractivity contribution in [1.29, 1.82) is 0 Å². The van der Waals surface area contributed by atoms with E-state index in [4.69, 9.17) is 0 Å². The standard InChI is InChI=1S/C19H15Br3N2/c1-12-18(11-23-16-7-3-14(20)4-8-16)19(22)13(2)24(12)17-9-5-15(21)6-10-17/h3-11H,1-2H3. The fourth-order valence-corrected chi connectivity index (χ4v) is 3.71. The van der Waals surface area contributed by atoms with Crippen molar-refractivity contribution in [1.82, 2.24) is 4.57 Å². The molecule has 1 heterocycles. The lowest BCUT2D eigenvalue weighted by Crippen LogP contribution is -1.99. The maximum absolute atomic E-state index is 4.60. The quantitative estimate of drug-likeness (QED) is 0.333. The molecule has 0 N–H and O–H groups in total. The molecule has 0 spiro atoms. The van der Waals surface area contributed by atoms with Gasteiger partial charge in [0, 0.05) is 42.3 Å². The third kappa shape index (κ3) is 3.58. The fourth-order valence-electron chi connectivity index (χ4n) is 2.62. The number of benzene rings is 2. The molecular weight excluding hydrogens is 496 g/mol. The Morgan fingerprint density at radius 3 is 1.92 bits per heavy atom. The molecule has 0 unspecified atom stereocenters. The van der Waals surface area contributed by atoms with Gasteiger partial charge in [-0.25, -0.2) is 0 Å². The second-order valence-electron chi connectivity index (χ2n) is 5.44. The second kappa shape index (κ2) is 7.38. The summed E-state index contributed by atoms with van der Waals surface area (Å²) in [7, 11) is 0. The largest absolute Gasteiger partial charge is 0.317 e. The first-order valence-corrected chi connectivity index (χ1v) is 9.78. The van der Waals surface area contributed by atoms with Crippen LogP contribution in [0.4, 0.5) is 5.69 Å². The highest BCUT2D eigenvalue weighted by Gasteiger charge is 2.15. The van der Waals surface area contributed by atoms with E-state index in [9.17, 15) is 0 Å². The zero-order valence-electron chi connectivity index (χ0n) is 13.2. The highest BCUT2D eigenvalue weighted by molar-refractivity contribution is 9.11. The van der Waals surface area contributed by atoms with Crippen LogP contribution in [0.1, 0.15) is 17.0 Å². The first kappa shape index (κ1) is 17.6. The molecule has 24 heavy (non-hydrogen) atoms. The Kier molecular flexibility index (Phi) is 5.42. The van der Waals surface area contributed by atoms with Crippen LogP contribution in [-0.2, 0) is 0 Å². The molecule has 122 valence electrons. The molecule has 2 aromatic carbocycles. The molecular formula is C19H15Br3N2. The Morgan fingerprint density at radius 2 is 1.33 bits per heavy atom. The third-order valence-corrected chi connectivity index (χ3v) is 5.93. The Balaban J connectivity index is 2.02. The van der Waals surface area contributed by atoms with E-state index in [-0.39, 0.29) is 0 Å². The van der Waals surface area contributed by atoms with Gasteiger partial charge in [-0.1, -0.05) is 31.9 Å². The van der Waals surface area contributed by atoms with Crippen molar-refractivity contribution in [2.45, 2.75) is 13.8 Å². The number of aromatic nitrogens is 1. The maximum atomic E-state index is 4.60. The average Bonchev–Trinajstić information content (AvgIpc) is 2.78. The lowest BCUT2D eigenvalue weighted by molar-refractivity contribution is 0.962. The number of hydrogen-bond donors (Lipinski definition) is 0. The fraction of sp³-hybridized carbons (Fsp3) is 0.105. The number of halogens is 3. The summed E-state index contributed by atoms with van der Waals surface area (Å²) >= 11 is 10.6. The molecule has 0 fully saturated rings. The van der Waals surface area contributed by atoms with Crippen molar-refractivity contribution in [3.05, 3.63) is 78.9 Å². The Bertz CT molecular complexity index is 892. The first-order chi connectivity index (χ1) is 11.5. The van der Waals surface area contributed by atoms with Gasteiger partial charge in [-0.15, -0.1) is 0 Å². The van der Waals surface area contributed by atoms with E-state index < -0.39 is 0 Å². The highest BCUT2D eigenvalue weighted by atomic mass is 79.9. The molecule has 0 saturated heterocycles. The summed E-state index contributed by atoms with van der Waals surface area (Å²) in [6.45, 7) is 4.22. The van der Waals surface area contributed by atoms with Gasteiger partial charge in [0.05, 0.1) is 5.69 Å². The SMILES string of the molecule is Cc1c(Br)c(C=Nc2ccc(Br)cc2)c(C)n1-c1ccc(Br)cc1. The minimum Gasteiger partial charge on any atom is -0.317 e. The van der Waals surface area contributed by atoms with Crippen LogP contribution in [0, 0.1) is 13.8 Å². The number of aliphatic imine (C=N–C) groups is 1. The monoisotopic (exact) mass is 508 g/mol. The van der Waals surface area contributed by atoms with Gasteiger partial charge in [-0.3, -0.25) is 4.99 Å². The van der Waals surface area contributed by atoms with Crippen LogP contribution in [0.3, 0.4) is 0 Å². The van der Waals surface area contributed by atoms with Crippen LogP contribution < -0.4 is 0 Å². The van der Waals surface area contributed by atoms with Crippen LogP contribution in [0.5, 0.6) is 0 Å². The van der Waals surface area contributed by atoms with Crippen LogP contribution in [-0.4, -0.2) is 10.8 Å². The lowest BCUT2D eigenvalue weighted by Gasteiger charge is -2.09. The van der Waals surface area contributed by atoms with Gasteiger partial charge in [0.2, 0.25) is 0 Å². The molecule has 0 atom stereocenters. The van der Waals surface area contributed by atoms with Gasteiger partial charge in [0.15, 0.2) is 0 Å². The van der Waals surface area contributed by atoms with E-state index in [1.807, 2.05) is 30.5 Å². The Hall–Kier alpha value is -1.17. The van der Waals surface area contributed by atoms with Gasteiger partial charge >= 0.3 is 0 Å². The normalized spacial score (nSPS) is 11.4. The van der Waals surface area contributed by atoms with Crippen LogP contribution in [0.2, 0.25) is 0 Å². The Labute approximate surface area is 167 Å². The van der Waals surface area contributed by atoms with Crippen molar-refractivity contribution in [2.75, 3.05) is 0 Å². The molecule has 0 aliphatic rings. The summed E-state index contributed by atoms with van der Waals surface area (Å²) in [6, 6.07) is 16.3. The second-order valence-corrected chi connectivity index (χ2v) is 8.07. The van der Waals surface area contributed by atoms with Crippen molar-refractivity contribution in [3.63, 3.8) is 0 Å². The van der Waals surface area contributed by atoms with Crippen molar-refractivity contribution >= 4 is 59.7 Å². The predicted molar refractivity (Wildman–Crippen MR) is 112 cm³/mol. The zero-order valence-corrected chi connectivity index (χ0v) is 18.0. The summed E-state index contributed by atoms with van der Waals surface area (Å²) in [4.78, 5) is 4.60. The summed E-state index contributed by atoms with van der Waals surface area (Å²) < 4.78 is 5.43. The number of nitrogens with zero attached hydrogens (tertiary/aromatic N) is 2. The number of hydrogen-bond acceptors (Lipinski definition) is 1. The van der Waals surface area contributed by atoms with E-state index in [0.29, 0.717) is 0 Å². The van der Waals surface area contributed by atoms with Crippen LogP contribution >= 0.6 is 47.8 Å². The van der Waals surface area contributed by atoms with Crippen LogP contribution in [0.25, 0.3) is 5.69 Å². The minimum atomic E-state index is 0.929. The molecule has 0 aliphatic heterocycles. The van der Waals surface area contributed by atoms with E-state index >= 15 is 0 Å². The maximum Gasteiger partial charge on any atom is 0.0630 e.